The number of hydrogen-bond acceptors (Lipinski definition) is 4. The number of carboxylic acid groups (broad SMARTS) is 1. The number of carbonyl (C=O) groups is 2. The Labute approximate surface area is 351 Å². The fraction of sp³-hybridized carbons (Fsp3) is 0.769. The molecule has 0 bridgehead atoms. The molecule has 1 aromatic carbocycles. The van der Waals surface area contributed by atoms with Crippen LogP contribution in [-0.2, 0) is 20.9 Å². The van der Waals surface area contributed by atoms with Crippen molar-refractivity contribution in [2.75, 3.05) is 13.1 Å². The summed E-state index contributed by atoms with van der Waals surface area (Å²) in [5.41, 5.74) is 5.02. The summed E-state index contributed by atoms with van der Waals surface area (Å²) in [5.74, 6) is 2.51. The topological polar surface area (TPSA) is 66.8 Å². The minimum Gasteiger partial charge on any atom is -0.495 e. The maximum Gasteiger partial charge on any atom is 0.309 e. The number of carboxylic acids is 1. The molecule has 57 heavy (non-hydrogen) atoms. The van der Waals surface area contributed by atoms with E-state index < -0.39 is 11.4 Å². The van der Waals surface area contributed by atoms with E-state index in [0.717, 1.165) is 58.2 Å². The van der Waals surface area contributed by atoms with Crippen molar-refractivity contribution in [1.82, 2.24) is 4.90 Å². The number of hydrogen-bond donors (Lipinski definition) is 1. The molecule has 0 heterocycles. The Morgan fingerprint density at radius 1 is 0.965 bits per heavy atom. The SMILES string of the molecule is C=C(CC(C)(C)C(=O)O)OC1CCC2(C)C(CCC3(C)CCCC4(CCN(CCC)Cc5ccc(C)cc5)CC(=O)C(C(C)C)=C4C(C)CCC32)C1C.CC.CC. The number of rotatable bonds is 13. The van der Waals surface area contributed by atoms with Crippen LogP contribution >= 0.6 is 0 Å². The number of benzene rings is 1. The van der Waals surface area contributed by atoms with E-state index in [2.05, 4.69) is 91.1 Å². The highest BCUT2D eigenvalue weighted by Gasteiger charge is 2.58. The molecule has 5 nitrogen and oxygen atoms in total. The summed E-state index contributed by atoms with van der Waals surface area (Å²) in [4.78, 5) is 28.6. The fourth-order valence-electron chi connectivity index (χ4n) is 12.4. The lowest BCUT2D eigenvalue weighted by atomic mass is 9.44. The smallest absolute Gasteiger partial charge is 0.309 e. The van der Waals surface area contributed by atoms with Crippen molar-refractivity contribution in [3.05, 3.63) is 58.9 Å². The van der Waals surface area contributed by atoms with Gasteiger partial charge in [0.2, 0.25) is 0 Å². The van der Waals surface area contributed by atoms with Crippen LogP contribution in [0.4, 0.5) is 0 Å². The first kappa shape index (κ1) is 49.0. The summed E-state index contributed by atoms with van der Waals surface area (Å²) in [6.45, 7) is 37.9. The van der Waals surface area contributed by atoms with Gasteiger partial charge in [0.05, 0.1) is 11.2 Å². The van der Waals surface area contributed by atoms with Crippen LogP contribution in [0.5, 0.6) is 0 Å². The van der Waals surface area contributed by atoms with Crippen molar-refractivity contribution < 1.29 is 19.4 Å². The van der Waals surface area contributed by atoms with Gasteiger partial charge < -0.3 is 9.84 Å². The molecule has 3 fully saturated rings. The normalized spacial score (nSPS) is 31.6. The lowest BCUT2D eigenvalue weighted by Gasteiger charge is -2.62. The van der Waals surface area contributed by atoms with E-state index in [1.54, 1.807) is 19.4 Å². The quantitative estimate of drug-likeness (QED) is 0.202. The largest absolute Gasteiger partial charge is 0.495 e. The first-order valence-electron chi connectivity index (χ1n) is 23.5. The highest BCUT2D eigenvalue weighted by Crippen LogP contribution is 2.65. The lowest BCUT2D eigenvalue weighted by Crippen LogP contribution is -2.55. The molecule has 0 radical (unpaired) electrons. The highest BCUT2D eigenvalue weighted by atomic mass is 16.5. The summed E-state index contributed by atoms with van der Waals surface area (Å²) in [7, 11) is 0. The van der Waals surface area contributed by atoms with Crippen LogP contribution in [0.2, 0.25) is 0 Å². The van der Waals surface area contributed by atoms with Gasteiger partial charge >= 0.3 is 5.97 Å². The lowest BCUT2D eigenvalue weighted by molar-refractivity contribution is -0.150. The highest BCUT2D eigenvalue weighted by molar-refractivity contribution is 6.00. The van der Waals surface area contributed by atoms with Gasteiger partial charge in [-0.2, -0.15) is 0 Å². The number of nitrogens with zero attached hydrogens (tertiary/aromatic N) is 1. The third-order valence-electron chi connectivity index (χ3n) is 15.2. The molecular formula is C52H87NO4. The minimum atomic E-state index is -0.883. The zero-order valence-electron chi connectivity index (χ0n) is 39.4. The van der Waals surface area contributed by atoms with Crippen LogP contribution in [-0.4, -0.2) is 41.0 Å². The predicted octanol–water partition coefficient (Wildman–Crippen LogP) is 14.0. The first-order chi connectivity index (χ1) is 26.9. The van der Waals surface area contributed by atoms with Gasteiger partial charge in [-0.3, -0.25) is 14.5 Å². The van der Waals surface area contributed by atoms with E-state index >= 15 is 0 Å². The standard InChI is InChI=1S/C48H75NO4.2C2H6/c1-12-27-49(31-37-17-14-33(4)15-18-37)28-26-48-23-13-22-46(10)24-20-38-36(7)40(53-35(6)29-45(8,9)44(51)52)21-25-47(38,11)41(46)19-16-34(5)43(48)42(32(2)3)39(50)30-48;2*1-2/h14-15,17-18,32,34,36,38,40-41H,6,12-13,16,19-31H2,1-5,7-11H3,(H,51,52);2*1-2H3. The van der Waals surface area contributed by atoms with E-state index in [1.165, 1.54) is 48.8 Å². The fourth-order valence-corrected chi connectivity index (χ4v) is 12.4. The Bertz CT molecular complexity index is 1510. The van der Waals surface area contributed by atoms with Gasteiger partial charge in [-0.1, -0.05) is 125 Å². The molecule has 4 aliphatic rings. The average Bonchev–Trinajstić information content (AvgIpc) is 3.45. The zero-order valence-corrected chi connectivity index (χ0v) is 39.4. The van der Waals surface area contributed by atoms with E-state index in [0.29, 0.717) is 53.5 Å². The van der Waals surface area contributed by atoms with Crippen molar-refractivity contribution >= 4 is 11.8 Å². The zero-order chi connectivity index (χ0) is 42.9. The molecule has 0 aromatic heterocycles. The molecule has 3 saturated carbocycles. The Kier molecular flexibility index (Phi) is 17.8. The van der Waals surface area contributed by atoms with E-state index in [1.807, 2.05) is 27.7 Å². The number of Topliss-reactive ketones (excluding diaryl/α,β-unsaturated/α-hetero) is 1. The average molecular weight is 790 g/mol. The molecule has 5 rings (SSSR count). The van der Waals surface area contributed by atoms with Crippen LogP contribution in [0.3, 0.4) is 0 Å². The van der Waals surface area contributed by atoms with Crippen LogP contribution in [0.15, 0.2) is 47.7 Å². The molecule has 1 N–H and O–H groups in total. The number of carbonyl (C=O) groups excluding carboxylic acids is 1. The van der Waals surface area contributed by atoms with Gasteiger partial charge in [0.1, 0.15) is 6.10 Å². The number of ether oxygens (including phenoxy) is 1. The third kappa shape index (κ3) is 11.1. The second-order valence-corrected chi connectivity index (χ2v) is 20.0. The summed E-state index contributed by atoms with van der Waals surface area (Å²) in [5, 5.41) is 9.70. The summed E-state index contributed by atoms with van der Waals surface area (Å²) < 4.78 is 6.54. The number of fused-ring (bicyclic) bond motifs is 4. The maximum atomic E-state index is 14.1. The van der Waals surface area contributed by atoms with E-state index in [9.17, 15) is 14.7 Å². The van der Waals surface area contributed by atoms with Crippen LogP contribution in [0.25, 0.3) is 0 Å². The van der Waals surface area contributed by atoms with Crippen molar-refractivity contribution in [3.8, 4) is 0 Å². The molecule has 0 spiro atoms. The van der Waals surface area contributed by atoms with Gasteiger partial charge in [-0.25, -0.2) is 0 Å². The monoisotopic (exact) mass is 790 g/mol. The van der Waals surface area contributed by atoms with E-state index in [-0.39, 0.29) is 22.9 Å². The number of aryl methyl sites for hydroxylation is 1. The Morgan fingerprint density at radius 3 is 2.21 bits per heavy atom. The Morgan fingerprint density at radius 2 is 1.61 bits per heavy atom. The molecule has 0 amide bonds. The summed E-state index contributed by atoms with van der Waals surface area (Å²) in [6.07, 6.45) is 13.9. The molecule has 4 aliphatic carbocycles. The number of allylic oxidation sites excluding steroid dienone is 3. The second kappa shape index (κ2) is 20.7. The van der Waals surface area contributed by atoms with Crippen LogP contribution < -0.4 is 0 Å². The summed E-state index contributed by atoms with van der Waals surface area (Å²) in [6, 6.07) is 9.04. The molecule has 5 heteroatoms. The molecule has 8 unspecified atom stereocenters. The number of aliphatic carboxylic acids is 1. The Balaban J connectivity index is 0.00000211. The van der Waals surface area contributed by atoms with Gasteiger partial charge in [-0.15, -0.1) is 0 Å². The van der Waals surface area contributed by atoms with Crippen molar-refractivity contribution in [2.45, 2.75) is 193 Å². The minimum absolute atomic E-state index is 0.0266. The molecule has 1 aromatic rings. The molecule has 8 atom stereocenters. The predicted molar refractivity (Wildman–Crippen MR) is 241 cm³/mol. The van der Waals surface area contributed by atoms with Gasteiger partial charge in [0, 0.05) is 24.8 Å². The maximum absolute atomic E-state index is 14.1. The van der Waals surface area contributed by atoms with Crippen molar-refractivity contribution in [3.63, 3.8) is 0 Å². The van der Waals surface area contributed by atoms with Gasteiger partial charge in [-0.05, 0) is 150 Å². The van der Waals surface area contributed by atoms with Gasteiger partial charge in [0.15, 0.2) is 5.78 Å². The first-order valence-corrected chi connectivity index (χ1v) is 23.5. The Hall–Kier alpha value is -2.40. The summed E-state index contributed by atoms with van der Waals surface area (Å²) >= 11 is 0. The number of ketones is 1. The van der Waals surface area contributed by atoms with Crippen LogP contribution in [0.1, 0.15) is 185 Å². The second-order valence-electron chi connectivity index (χ2n) is 20.0. The molecule has 324 valence electrons. The third-order valence-corrected chi connectivity index (χ3v) is 15.2. The van der Waals surface area contributed by atoms with Crippen molar-refractivity contribution in [1.29, 1.82) is 0 Å². The van der Waals surface area contributed by atoms with Crippen molar-refractivity contribution in [2.24, 2.45) is 51.2 Å². The van der Waals surface area contributed by atoms with Gasteiger partial charge in [0.25, 0.3) is 0 Å². The van der Waals surface area contributed by atoms with Crippen LogP contribution in [0, 0.1) is 58.2 Å². The molecule has 0 aliphatic heterocycles. The van der Waals surface area contributed by atoms with E-state index in [4.69, 9.17) is 4.74 Å². The molecule has 0 saturated heterocycles. The molecular weight excluding hydrogens is 703 g/mol.